The summed E-state index contributed by atoms with van der Waals surface area (Å²) in [6, 6.07) is 0. The minimum Gasteiger partial charge on any atom is -0.465 e. The number of hydrogen-bond donors (Lipinski definition) is 0. The van der Waals surface area contributed by atoms with Crippen molar-refractivity contribution in [2.45, 2.75) is 11.2 Å². The monoisotopic (exact) mass is 242 g/mol. The summed E-state index contributed by atoms with van der Waals surface area (Å²) in [5, 5.41) is -5.67. The molecule has 0 aromatic heterocycles. The summed E-state index contributed by atoms with van der Waals surface area (Å²) in [4.78, 5) is 10.2. The molecule has 0 spiro atoms. The number of alkyl halides is 4. The first-order valence-electron chi connectivity index (χ1n) is 2.76. The van der Waals surface area contributed by atoms with E-state index in [1.54, 1.807) is 0 Å². The number of methoxy groups -OCH3 is 1. The number of rotatable bonds is 2. The molecule has 0 aromatic carbocycles. The first kappa shape index (κ1) is 13.1. The van der Waals surface area contributed by atoms with E-state index in [2.05, 4.69) is 4.74 Å². The number of halogens is 5. The minimum atomic E-state index is -6.80. The molecule has 10 heteroatoms. The molecule has 0 unspecified atom stereocenters. The molecule has 0 aromatic rings. The maximum absolute atomic E-state index is 12.6. The van der Waals surface area contributed by atoms with Gasteiger partial charge in [0, 0.05) is 0 Å². The lowest BCUT2D eigenvalue weighted by Crippen LogP contribution is -2.53. The molecule has 4 nitrogen and oxygen atoms in total. The number of hydrogen-bond acceptors (Lipinski definition) is 4. The molecule has 0 N–H and O–H groups in total. The van der Waals surface area contributed by atoms with E-state index in [9.17, 15) is 34.7 Å². The zero-order chi connectivity index (χ0) is 11.8. The average molecular weight is 242 g/mol. The van der Waals surface area contributed by atoms with Crippen LogP contribution in [0.3, 0.4) is 0 Å². The Morgan fingerprint density at radius 2 is 1.57 bits per heavy atom. The predicted octanol–water partition coefficient (Wildman–Crippen LogP) is 0.687. The SMILES string of the molecule is COC(=O)[C@@](F)(C(F)(F)F)S(=O)(=O)F. The maximum Gasteiger partial charge on any atom is 0.451 e. The zero-order valence-electron chi connectivity index (χ0n) is 6.43. The number of ether oxygens (including phenoxy) is 1. The van der Waals surface area contributed by atoms with E-state index in [-0.39, 0.29) is 7.11 Å². The molecule has 0 saturated carbocycles. The highest BCUT2D eigenvalue weighted by atomic mass is 32.3. The van der Waals surface area contributed by atoms with Crippen molar-refractivity contribution in [1.82, 2.24) is 0 Å². The third-order valence-electron chi connectivity index (χ3n) is 1.15. The molecule has 0 heterocycles. The van der Waals surface area contributed by atoms with Crippen LogP contribution in [0.5, 0.6) is 0 Å². The summed E-state index contributed by atoms with van der Waals surface area (Å²) in [6.45, 7) is 0. The van der Waals surface area contributed by atoms with Gasteiger partial charge in [0.1, 0.15) is 0 Å². The molecular weight excluding hydrogens is 239 g/mol. The van der Waals surface area contributed by atoms with Crippen LogP contribution in [0.2, 0.25) is 0 Å². The Kier molecular flexibility index (Phi) is 3.11. The Labute approximate surface area is 74.9 Å². The van der Waals surface area contributed by atoms with Gasteiger partial charge in [0.25, 0.3) is 0 Å². The lowest BCUT2D eigenvalue weighted by molar-refractivity contribution is -0.212. The van der Waals surface area contributed by atoms with Crippen molar-refractivity contribution in [3.05, 3.63) is 0 Å². The zero-order valence-corrected chi connectivity index (χ0v) is 7.25. The maximum atomic E-state index is 12.6. The van der Waals surface area contributed by atoms with Gasteiger partial charge >= 0.3 is 27.4 Å². The topological polar surface area (TPSA) is 60.4 Å². The highest BCUT2D eigenvalue weighted by Crippen LogP contribution is 2.40. The molecule has 1 atom stereocenters. The predicted molar refractivity (Wildman–Crippen MR) is 31.9 cm³/mol. The summed E-state index contributed by atoms with van der Waals surface area (Å²) in [5.41, 5.74) is 0. The molecular formula is C4H3F5O4S. The van der Waals surface area contributed by atoms with E-state index in [4.69, 9.17) is 0 Å². The summed E-state index contributed by atoms with van der Waals surface area (Å²) in [5.74, 6) is -2.88. The van der Waals surface area contributed by atoms with Gasteiger partial charge in [0.2, 0.25) is 0 Å². The number of esters is 1. The van der Waals surface area contributed by atoms with Crippen molar-refractivity contribution in [3.8, 4) is 0 Å². The third kappa shape index (κ3) is 1.79. The van der Waals surface area contributed by atoms with Crippen LogP contribution in [0.4, 0.5) is 21.4 Å². The lowest BCUT2D eigenvalue weighted by Gasteiger charge is -2.20. The molecule has 0 fully saturated rings. The smallest absolute Gasteiger partial charge is 0.451 e. The van der Waals surface area contributed by atoms with E-state index in [1.807, 2.05) is 0 Å². The molecule has 0 aliphatic carbocycles. The van der Waals surface area contributed by atoms with E-state index >= 15 is 0 Å². The molecule has 0 radical (unpaired) electrons. The normalized spacial score (nSPS) is 17.3. The largest absolute Gasteiger partial charge is 0.465 e. The second-order valence-electron chi connectivity index (χ2n) is 2.02. The highest BCUT2D eigenvalue weighted by Gasteiger charge is 2.73. The standard InChI is InChI=1S/C4H3F5O4S/c1-13-2(10)3(5,4(6,7)8)14(9,11)12/h1H3/t3-/m0/s1. The molecule has 14 heavy (non-hydrogen) atoms. The number of carbonyl (C=O) groups excluding carboxylic acids is 1. The summed E-state index contributed by atoms with van der Waals surface area (Å²) in [7, 11) is -6.51. The number of carbonyl (C=O) groups is 1. The van der Waals surface area contributed by atoms with Gasteiger partial charge in [-0.05, 0) is 0 Å². The van der Waals surface area contributed by atoms with E-state index in [1.165, 1.54) is 0 Å². The van der Waals surface area contributed by atoms with Crippen molar-refractivity contribution in [1.29, 1.82) is 0 Å². The van der Waals surface area contributed by atoms with Gasteiger partial charge in [-0.15, -0.1) is 3.89 Å². The first-order valence-corrected chi connectivity index (χ1v) is 4.15. The van der Waals surface area contributed by atoms with E-state index < -0.39 is 27.4 Å². The molecule has 0 aliphatic heterocycles. The van der Waals surface area contributed by atoms with Crippen LogP contribution in [0, 0.1) is 0 Å². The van der Waals surface area contributed by atoms with Gasteiger partial charge in [-0.2, -0.15) is 21.6 Å². The van der Waals surface area contributed by atoms with Crippen LogP contribution in [-0.2, 0) is 19.8 Å². The van der Waals surface area contributed by atoms with Crippen molar-refractivity contribution < 1.29 is 39.4 Å². The van der Waals surface area contributed by atoms with Gasteiger partial charge < -0.3 is 4.74 Å². The second kappa shape index (κ2) is 3.33. The Morgan fingerprint density at radius 1 is 1.21 bits per heavy atom. The van der Waals surface area contributed by atoms with Crippen LogP contribution in [-0.4, -0.2) is 32.7 Å². The fourth-order valence-electron chi connectivity index (χ4n) is 0.485. The first-order chi connectivity index (χ1) is 5.98. The van der Waals surface area contributed by atoms with Crippen molar-refractivity contribution in [3.63, 3.8) is 0 Å². The van der Waals surface area contributed by atoms with Gasteiger partial charge in [0.15, 0.2) is 0 Å². The Hall–Kier alpha value is -0.930. The lowest BCUT2D eigenvalue weighted by atomic mass is 10.4. The van der Waals surface area contributed by atoms with Gasteiger partial charge in [0.05, 0.1) is 7.11 Å². The van der Waals surface area contributed by atoms with Crippen LogP contribution >= 0.6 is 0 Å². The Morgan fingerprint density at radius 3 is 1.64 bits per heavy atom. The van der Waals surface area contributed by atoms with Crippen molar-refractivity contribution in [2.24, 2.45) is 0 Å². The molecule has 84 valence electrons. The van der Waals surface area contributed by atoms with Crippen LogP contribution in [0.1, 0.15) is 0 Å². The third-order valence-corrected chi connectivity index (χ3v) is 2.22. The van der Waals surface area contributed by atoms with Gasteiger partial charge in [-0.3, -0.25) is 0 Å². The summed E-state index contributed by atoms with van der Waals surface area (Å²) < 4.78 is 82.7. The molecule has 0 amide bonds. The van der Waals surface area contributed by atoms with Crippen LogP contribution in [0.25, 0.3) is 0 Å². The summed E-state index contributed by atoms with van der Waals surface area (Å²) >= 11 is 0. The molecule has 0 bridgehead atoms. The van der Waals surface area contributed by atoms with Crippen LogP contribution < -0.4 is 0 Å². The minimum absolute atomic E-state index is 0.285. The van der Waals surface area contributed by atoms with Gasteiger partial charge in [-0.25, -0.2) is 9.18 Å². The van der Waals surface area contributed by atoms with Crippen LogP contribution in [0.15, 0.2) is 0 Å². The molecule has 0 saturated heterocycles. The van der Waals surface area contributed by atoms with Crippen molar-refractivity contribution in [2.75, 3.05) is 7.11 Å². The fraction of sp³-hybridized carbons (Fsp3) is 0.750. The highest BCUT2D eigenvalue weighted by molar-refractivity contribution is 7.88. The Bertz CT molecular complexity index is 332. The van der Waals surface area contributed by atoms with E-state index in [0.29, 0.717) is 0 Å². The fourth-order valence-corrected chi connectivity index (χ4v) is 1.04. The quantitative estimate of drug-likeness (QED) is 0.406. The van der Waals surface area contributed by atoms with Gasteiger partial charge in [-0.1, -0.05) is 0 Å². The average Bonchev–Trinajstić information content (AvgIpc) is 1.97. The molecule has 0 aliphatic rings. The second-order valence-corrected chi connectivity index (χ2v) is 3.46. The van der Waals surface area contributed by atoms with Crippen molar-refractivity contribution >= 4 is 16.2 Å². The molecule has 0 rings (SSSR count). The Balaban J connectivity index is 5.66. The summed E-state index contributed by atoms with van der Waals surface area (Å²) in [6.07, 6.45) is -6.24. The van der Waals surface area contributed by atoms with E-state index in [0.717, 1.165) is 0 Å².